The Morgan fingerprint density at radius 1 is 1.00 bits per heavy atom. The smallest absolute Gasteiger partial charge is 0.341 e. The Hall–Kier alpha value is -4.61. The monoisotopic (exact) mass is 780 g/mol. The fourth-order valence-corrected chi connectivity index (χ4v) is 10.1. The van der Waals surface area contributed by atoms with Crippen molar-refractivity contribution < 1.29 is 38.9 Å². The number of nitrogens with one attached hydrogen (secondary N) is 1. The van der Waals surface area contributed by atoms with Gasteiger partial charge in [0, 0.05) is 86.8 Å². The number of aromatic carboxylic acids is 1. The lowest BCUT2D eigenvalue weighted by Crippen LogP contribution is -2.49. The molecule has 3 atom stereocenters. The van der Waals surface area contributed by atoms with Gasteiger partial charge in [-0.05, 0) is 43.5 Å². The Bertz CT molecular complexity index is 2070. The van der Waals surface area contributed by atoms with Crippen LogP contribution in [0, 0.1) is 5.82 Å². The zero-order valence-corrected chi connectivity index (χ0v) is 31.0. The number of fused-ring (bicyclic) bond motifs is 1. The van der Waals surface area contributed by atoms with E-state index in [4.69, 9.17) is 4.99 Å². The van der Waals surface area contributed by atoms with Crippen molar-refractivity contribution in [3.8, 4) is 5.75 Å². The predicted molar refractivity (Wildman–Crippen MR) is 204 cm³/mol. The number of carbonyl (C=O) groups excluding carboxylic acids is 2. The third kappa shape index (κ3) is 7.93. The number of amides is 2. The molecule has 4 aliphatic rings. The van der Waals surface area contributed by atoms with Crippen molar-refractivity contribution >= 4 is 68.9 Å². The second kappa shape index (κ2) is 16.0. The number of aliphatic imine (C=N–C) groups is 1. The van der Waals surface area contributed by atoms with Crippen LogP contribution in [0.2, 0.25) is 0 Å². The molecule has 3 aliphatic heterocycles. The zero-order chi connectivity index (χ0) is 38.1. The second-order valence-corrected chi connectivity index (χ2v) is 16.0. The van der Waals surface area contributed by atoms with Crippen LogP contribution in [0.4, 0.5) is 10.1 Å². The molecule has 4 N–H and O–H groups in total. The summed E-state index contributed by atoms with van der Waals surface area (Å²) in [6.07, 6.45) is 3.55. The summed E-state index contributed by atoms with van der Waals surface area (Å²) in [7, 11) is 0. The molecule has 0 spiro atoms. The number of aromatic nitrogens is 1. The third-order valence-corrected chi connectivity index (χ3v) is 12.8. The van der Waals surface area contributed by atoms with Gasteiger partial charge in [-0.1, -0.05) is 12.1 Å². The van der Waals surface area contributed by atoms with Gasteiger partial charge < -0.3 is 35.0 Å². The number of carboxylic acid groups (broad SMARTS) is 2. The van der Waals surface area contributed by atoms with E-state index in [-0.39, 0.29) is 64.5 Å². The molecule has 14 nitrogen and oxygen atoms in total. The molecule has 1 aliphatic carbocycles. The molecule has 2 amide bonds. The van der Waals surface area contributed by atoms with E-state index in [0.29, 0.717) is 68.3 Å². The number of halogens is 1. The van der Waals surface area contributed by atoms with E-state index in [9.17, 15) is 39.3 Å². The minimum absolute atomic E-state index is 0.00155. The lowest BCUT2D eigenvalue weighted by atomic mass is 10.1. The summed E-state index contributed by atoms with van der Waals surface area (Å²) >= 11 is 3.10. The fraction of sp³-hybridized carbons (Fsp3) is 0.459. The van der Waals surface area contributed by atoms with Gasteiger partial charge in [0.25, 0.3) is 0 Å². The number of aliphatic carboxylic acids is 1. The average molecular weight is 781 g/mol. The molecule has 1 unspecified atom stereocenters. The average Bonchev–Trinajstić information content (AvgIpc) is 3.73. The van der Waals surface area contributed by atoms with E-state index in [1.54, 1.807) is 56.1 Å². The van der Waals surface area contributed by atoms with Crippen LogP contribution >= 0.6 is 23.5 Å². The van der Waals surface area contributed by atoms with Crippen molar-refractivity contribution in [3.63, 3.8) is 0 Å². The van der Waals surface area contributed by atoms with Gasteiger partial charge in [-0.25, -0.2) is 9.18 Å². The van der Waals surface area contributed by atoms with Crippen LogP contribution in [-0.4, -0.2) is 127 Å². The molecule has 54 heavy (non-hydrogen) atoms. The maximum atomic E-state index is 15.4. The fourth-order valence-electron chi connectivity index (χ4n) is 7.29. The van der Waals surface area contributed by atoms with E-state index in [1.807, 2.05) is 17.0 Å². The number of nitrogens with zero attached hydrogens (tertiary/aromatic N) is 5. The molecular weight excluding hydrogens is 740 g/mol. The van der Waals surface area contributed by atoms with Crippen LogP contribution in [0.25, 0.3) is 10.9 Å². The predicted octanol–water partition coefficient (Wildman–Crippen LogP) is 3.20. The molecule has 2 saturated heterocycles. The second-order valence-electron chi connectivity index (χ2n) is 13.9. The number of thioether (sulfide) groups is 2. The van der Waals surface area contributed by atoms with Crippen LogP contribution in [0.5, 0.6) is 5.75 Å². The van der Waals surface area contributed by atoms with Gasteiger partial charge >= 0.3 is 11.9 Å². The van der Waals surface area contributed by atoms with E-state index >= 15 is 4.39 Å². The Morgan fingerprint density at radius 3 is 2.46 bits per heavy atom. The lowest BCUT2D eigenvalue weighted by molar-refractivity contribution is -0.142. The van der Waals surface area contributed by atoms with Gasteiger partial charge in [0.15, 0.2) is 0 Å². The molecule has 3 fully saturated rings. The number of hydrogen-bond acceptors (Lipinski definition) is 11. The van der Waals surface area contributed by atoms with Crippen molar-refractivity contribution in [2.75, 3.05) is 55.7 Å². The number of benzene rings is 2. The zero-order valence-electron chi connectivity index (χ0n) is 29.4. The minimum Gasteiger partial charge on any atom is -0.507 e. The first-order valence-electron chi connectivity index (χ1n) is 18.0. The molecule has 1 saturated carbocycles. The van der Waals surface area contributed by atoms with Crippen molar-refractivity contribution in [1.29, 1.82) is 0 Å². The molecule has 0 bridgehead atoms. The molecule has 17 heteroatoms. The number of phenolic OH excluding ortho intramolecular Hbond substituents is 1. The highest BCUT2D eigenvalue weighted by atomic mass is 32.2. The maximum Gasteiger partial charge on any atom is 0.341 e. The first-order valence-corrected chi connectivity index (χ1v) is 20.0. The summed E-state index contributed by atoms with van der Waals surface area (Å²) in [6.45, 7) is 2.09. The van der Waals surface area contributed by atoms with E-state index in [1.165, 1.54) is 6.20 Å². The SMILES string of the molecule is O=C(CCC(=O)N1CCN(c2cc3c(cc2F)c(=O)c(C(=O)O)cn3C2CC2)CC1)NCCCN1C([C@H]2CSC(c3ccccc3O)=N2)SC[C@H]1C(=O)O. The molecular formula is C37H41FN6O8S2. The Balaban J connectivity index is 0.876. The number of phenols is 1. The number of aromatic hydroxyl groups is 1. The van der Waals surface area contributed by atoms with Crippen molar-refractivity contribution in [3.05, 3.63) is 69.8 Å². The van der Waals surface area contributed by atoms with Crippen molar-refractivity contribution in [2.45, 2.75) is 55.6 Å². The van der Waals surface area contributed by atoms with Crippen LogP contribution in [0.3, 0.4) is 0 Å². The Morgan fingerprint density at radius 2 is 1.76 bits per heavy atom. The molecule has 286 valence electrons. The highest BCUT2D eigenvalue weighted by molar-refractivity contribution is 8.14. The summed E-state index contributed by atoms with van der Waals surface area (Å²) in [4.78, 5) is 72.5. The van der Waals surface area contributed by atoms with E-state index in [2.05, 4.69) is 5.32 Å². The molecule has 1 aromatic heterocycles. The van der Waals surface area contributed by atoms with Crippen molar-refractivity contribution in [2.24, 2.45) is 4.99 Å². The summed E-state index contributed by atoms with van der Waals surface area (Å²) in [5.74, 6) is -2.10. The van der Waals surface area contributed by atoms with Gasteiger partial charge in [0.1, 0.15) is 28.2 Å². The molecule has 4 heterocycles. The van der Waals surface area contributed by atoms with E-state index in [0.717, 1.165) is 24.0 Å². The number of rotatable bonds is 13. The molecule has 0 radical (unpaired) electrons. The van der Waals surface area contributed by atoms with Crippen molar-refractivity contribution in [1.82, 2.24) is 19.7 Å². The minimum atomic E-state index is -1.35. The summed E-state index contributed by atoms with van der Waals surface area (Å²) in [5.41, 5.74) is 0.320. The lowest BCUT2D eigenvalue weighted by Gasteiger charge is -2.36. The van der Waals surface area contributed by atoms with Gasteiger partial charge in [-0.15, -0.1) is 23.5 Å². The maximum absolute atomic E-state index is 15.4. The summed E-state index contributed by atoms with van der Waals surface area (Å²) in [6, 6.07) is 8.96. The van der Waals surface area contributed by atoms with Gasteiger partial charge in [0.2, 0.25) is 17.2 Å². The van der Waals surface area contributed by atoms with Crippen LogP contribution in [-0.2, 0) is 14.4 Å². The van der Waals surface area contributed by atoms with Gasteiger partial charge in [0.05, 0.1) is 22.6 Å². The first kappa shape index (κ1) is 37.7. The summed E-state index contributed by atoms with van der Waals surface area (Å²) in [5, 5.41) is 33.1. The number of pyridine rings is 1. The molecule has 7 rings (SSSR count). The quantitative estimate of drug-likeness (QED) is 0.186. The van der Waals surface area contributed by atoms with E-state index < -0.39 is 29.2 Å². The highest BCUT2D eigenvalue weighted by Crippen LogP contribution is 2.40. The summed E-state index contributed by atoms with van der Waals surface area (Å²) < 4.78 is 17.1. The standard InChI is InChI=1S/C37H41FN6O8S2/c38-25-16-23-27(44(21-6-7-21)18-24(33(23)48)36(49)50)17-28(25)41-12-14-42(15-13-41)32(47)9-8-31(46)39-10-3-11-43-29(37(51)52)20-54-35(43)26-19-53-34(40-26)22-4-1-2-5-30(22)45/h1-2,4-5,16-18,21,26,29,35,45H,3,6-15,19-20H2,(H,39,46)(H,49,50)(H,51,52)/t26-,29+,35?/m1/s1. The molecule has 2 aromatic carbocycles. The number of piperazine rings is 1. The normalized spacial score (nSPS) is 21.7. The van der Waals surface area contributed by atoms with Crippen LogP contribution in [0.1, 0.15) is 54.1 Å². The number of carbonyl (C=O) groups is 4. The number of para-hydroxylation sites is 1. The third-order valence-electron chi connectivity index (χ3n) is 10.3. The number of carboxylic acids is 2. The highest BCUT2D eigenvalue weighted by Gasteiger charge is 2.43. The van der Waals surface area contributed by atoms with Gasteiger partial charge in [-0.3, -0.25) is 29.1 Å². The van der Waals surface area contributed by atoms with Gasteiger partial charge in [-0.2, -0.15) is 0 Å². The number of hydrogen-bond donors (Lipinski definition) is 4. The topological polar surface area (TPSA) is 185 Å². The Kier molecular flexibility index (Phi) is 11.2. The largest absolute Gasteiger partial charge is 0.507 e. The first-order chi connectivity index (χ1) is 26.0. The Labute approximate surface area is 318 Å². The van der Waals surface area contributed by atoms with Crippen LogP contribution < -0.4 is 15.6 Å². The van der Waals surface area contributed by atoms with Crippen LogP contribution in [0.15, 0.2) is 52.4 Å². The molecule has 3 aromatic rings. The number of anilines is 1.